The predicted molar refractivity (Wildman–Crippen MR) is 102 cm³/mol. The summed E-state index contributed by atoms with van der Waals surface area (Å²) in [4.78, 5) is 16.8. The number of piperazine rings is 1. The molecule has 0 spiro atoms. The molecule has 2 amide bonds. The average Bonchev–Trinajstić information content (AvgIpc) is 3.11. The smallest absolute Gasteiger partial charge is 0.317 e. The first-order valence-electron chi connectivity index (χ1n) is 9.10. The van der Waals surface area contributed by atoms with Gasteiger partial charge in [0.15, 0.2) is 0 Å². The molecule has 1 fully saturated rings. The number of nitrogen functional groups attached to an aromatic ring is 1. The Balaban J connectivity index is 1.26. The van der Waals surface area contributed by atoms with Crippen molar-refractivity contribution in [3.05, 3.63) is 40.4 Å². The van der Waals surface area contributed by atoms with Crippen LogP contribution >= 0.6 is 11.3 Å². The Kier molecular flexibility index (Phi) is 5.03. The highest BCUT2D eigenvalue weighted by molar-refractivity contribution is 7.15. The number of nitrogens with zero attached hydrogens (tertiary/aromatic N) is 4. The predicted octanol–water partition coefficient (Wildman–Crippen LogP) is 1.51. The van der Waals surface area contributed by atoms with E-state index in [2.05, 4.69) is 44.7 Å². The van der Waals surface area contributed by atoms with E-state index in [9.17, 15) is 4.79 Å². The third-order valence-corrected chi connectivity index (χ3v) is 6.06. The molecule has 1 unspecified atom stereocenters. The van der Waals surface area contributed by atoms with Gasteiger partial charge in [-0.2, -0.15) is 0 Å². The minimum absolute atomic E-state index is 0.0348. The maximum atomic E-state index is 12.3. The molecule has 3 N–H and O–H groups in total. The van der Waals surface area contributed by atoms with Gasteiger partial charge in [0.2, 0.25) is 5.13 Å². The molecule has 0 saturated carbocycles. The average molecular weight is 372 g/mol. The van der Waals surface area contributed by atoms with Gasteiger partial charge >= 0.3 is 6.03 Å². The molecule has 26 heavy (non-hydrogen) atoms. The Labute approximate surface area is 157 Å². The third-order valence-electron chi connectivity index (χ3n) is 5.31. The molecule has 138 valence electrons. The number of amides is 2. The number of fused-ring (bicyclic) bond motifs is 1. The zero-order chi connectivity index (χ0) is 17.9. The number of aromatic nitrogens is 2. The highest BCUT2D eigenvalue weighted by Gasteiger charge is 2.28. The summed E-state index contributed by atoms with van der Waals surface area (Å²) in [5.41, 5.74) is 8.55. The second-order valence-corrected chi connectivity index (χ2v) is 7.97. The molecule has 1 saturated heterocycles. The van der Waals surface area contributed by atoms with Gasteiger partial charge < -0.3 is 16.0 Å². The van der Waals surface area contributed by atoms with Crippen molar-refractivity contribution >= 4 is 22.5 Å². The topological polar surface area (TPSA) is 87.4 Å². The van der Waals surface area contributed by atoms with Crippen molar-refractivity contribution in [3.8, 4) is 0 Å². The second kappa shape index (κ2) is 7.59. The molecule has 8 heteroatoms. The molecular weight excluding hydrogens is 348 g/mol. The summed E-state index contributed by atoms with van der Waals surface area (Å²) in [5, 5.41) is 11.8. The van der Waals surface area contributed by atoms with Crippen molar-refractivity contribution in [2.45, 2.75) is 31.8 Å². The van der Waals surface area contributed by atoms with E-state index in [1.54, 1.807) is 0 Å². The van der Waals surface area contributed by atoms with Gasteiger partial charge in [-0.1, -0.05) is 35.6 Å². The van der Waals surface area contributed by atoms with E-state index in [0.29, 0.717) is 17.7 Å². The van der Waals surface area contributed by atoms with Crippen LogP contribution in [-0.2, 0) is 19.4 Å². The lowest BCUT2D eigenvalue weighted by Gasteiger charge is -2.41. The molecule has 2 heterocycles. The minimum atomic E-state index is -0.0348. The number of urea groups is 1. The number of carbonyl (C=O) groups is 1. The van der Waals surface area contributed by atoms with Gasteiger partial charge in [0.25, 0.3) is 0 Å². The molecular formula is C18H24N6OS. The van der Waals surface area contributed by atoms with Crippen molar-refractivity contribution in [1.29, 1.82) is 0 Å². The van der Waals surface area contributed by atoms with Crippen molar-refractivity contribution in [2.75, 3.05) is 31.9 Å². The van der Waals surface area contributed by atoms with Crippen LogP contribution < -0.4 is 11.1 Å². The van der Waals surface area contributed by atoms with E-state index >= 15 is 0 Å². The maximum Gasteiger partial charge on any atom is 0.317 e. The van der Waals surface area contributed by atoms with Crippen LogP contribution in [0.2, 0.25) is 0 Å². The Hall–Kier alpha value is -2.19. The van der Waals surface area contributed by atoms with Crippen molar-refractivity contribution in [2.24, 2.45) is 0 Å². The summed E-state index contributed by atoms with van der Waals surface area (Å²) in [5.74, 6) is 0. The van der Waals surface area contributed by atoms with Gasteiger partial charge in [-0.15, -0.1) is 10.2 Å². The van der Waals surface area contributed by atoms with Crippen LogP contribution in [0.3, 0.4) is 0 Å². The summed E-state index contributed by atoms with van der Waals surface area (Å²) >= 11 is 1.30. The van der Waals surface area contributed by atoms with Gasteiger partial charge in [-0.3, -0.25) is 4.90 Å². The summed E-state index contributed by atoms with van der Waals surface area (Å²) in [7, 11) is 0. The summed E-state index contributed by atoms with van der Waals surface area (Å²) in [6.45, 7) is 3.79. The third kappa shape index (κ3) is 3.81. The van der Waals surface area contributed by atoms with E-state index in [4.69, 9.17) is 5.73 Å². The molecule has 4 rings (SSSR count). The van der Waals surface area contributed by atoms with Crippen LogP contribution in [0, 0.1) is 0 Å². The molecule has 1 aromatic heterocycles. The summed E-state index contributed by atoms with van der Waals surface area (Å²) in [6.07, 6.45) is 3.50. The van der Waals surface area contributed by atoms with E-state index in [0.717, 1.165) is 44.0 Å². The van der Waals surface area contributed by atoms with Crippen LogP contribution in [0.15, 0.2) is 24.3 Å². The number of benzene rings is 1. The number of anilines is 1. The molecule has 0 radical (unpaired) electrons. The van der Waals surface area contributed by atoms with E-state index in [1.807, 2.05) is 4.90 Å². The number of rotatable bonds is 3. The zero-order valence-corrected chi connectivity index (χ0v) is 15.5. The molecule has 1 aliphatic carbocycles. The molecule has 1 aromatic carbocycles. The fourth-order valence-electron chi connectivity index (χ4n) is 3.88. The zero-order valence-electron chi connectivity index (χ0n) is 14.7. The van der Waals surface area contributed by atoms with Gasteiger partial charge in [0.05, 0.1) is 6.54 Å². The lowest BCUT2D eigenvalue weighted by Crippen LogP contribution is -2.55. The van der Waals surface area contributed by atoms with Crippen molar-refractivity contribution in [3.63, 3.8) is 0 Å². The number of carbonyl (C=O) groups excluding carboxylic acids is 1. The highest BCUT2D eigenvalue weighted by Crippen LogP contribution is 2.25. The lowest BCUT2D eigenvalue weighted by atomic mass is 9.87. The van der Waals surface area contributed by atoms with E-state index in [1.165, 1.54) is 28.9 Å². The van der Waals surface area contributed by atoms with Gasteiger partial charge in [-0.25, -0.2) is 4.79 Å². The monoisotopic (exact) mass is 372 g/mol. The molecule has 0 bridgehead atoms. The molecule has 1 atom stereocenters. The van der Waals surface area contributed by atoms with E-state index < -0.39 is 0 Å². The molecule has 7 nitrogen and oxygen atoms in total. The second-order valence-electron chi connectivity index (χ2n) is 6.88. The van der Waals surface area contributed by atoms with Crippen LogP contribution in [0.4, 0.5) is 9.93 Å². The largest absolute Gasteiger partial charge is 0.374 e. The minimum Gasteiger partial charge on any atom is -0.374 e. The fraction of sp³-hybridized carbons (Fsp3) is 0.500. The molecule has 2 aliphatic rings. The number of hydrogen-bond donors (Lipinski definition) is 2. The van der Waals surface area contributed by atoms with Gasteiger partial charge in [-0.05, 0) is 30.4 Å². The lowest BCUT2D eigenvalue weighted by molar-refractivity contribution is 0.101. The first kappa shape index (κ1) is 17.2. The number of nitrogens with two attached hydrogens (primary N) is 1. The van der Waals surface area contributed by atoms with Gasteiger partial charge in [0.1, 0.15) is 5.01 Å². The summed E-state index contributed by atoms with van der Waals surface area (Å²) < 4.78 is 0. The first-order chi connectivity index (χ1) is 12.7. The van der Waals surface area contributed by atoms with Crippen molar-refractivity contribution < 1.29 is 4.79 Å². The van der Waals surface area contributed by atoms with Crippen LogP contribution in [0.25, 0.3) is 0 Å². The van der Waals surface area contributed by atoms with Gasteiger partial charge in [0, 0.05) is 32.2 Å². The molecule has 2 aromatic rings. The Morgan fingerprint density at radius 1 is 1.19 bits per heavy atom. The highest BCUT2D eigenvalue weighted by atomic mass is 32.1. The molecule has 1 aliphatic heterocycles. The normalized spacial score (nSPS) is 20.6. The number of aryl methyl sites for hydroxylation is 1. The first-order valence-corrected chi connectivity index (χ1v) is 9.92. The summed E-state index contributed by atoms with van der Waals surface area (Å²) in [6, 6.07) is 9.33. The SMILES string of the molecule is Nc1nnc(CNC(=O)N2CCN(C3CCc4ccccc4C3)CC2)s1. The van der Waals surface area contributed by atoms with Crippen LogP contribution in [-0.4, -0.2) is 58.2 Å². The quantitative estimate of drug-likeness (QED) is 0.853. The van der Waals surface area contributed by atoms with Crippen LogP contribution in [0.1, 0.15) is 22.6 Å². The standard InChI is InChI=1S/C18H24N6OS/c19-17-22-21-16(26-17)12-20-18(25)24-9-7-23(8-10-24)15-6-5-13-3-1-2-4-14(13)11-15/h1-4,15H,5-12H2,(H2,19,22)(H,20,25). The number of hydrogen-bond acceptors (Lipinski definition) is 6. The Bertz CT molecular complexity index is 771. The Morgan fingerprint density at radius 2 is 1.96 bits per heavy atom. The fourth-order valence-corrected chi connectivity index (χ4v) is 4.43. The van der Waals surface area contributed by atoms with Crippen molar-refractivity contribution in [1.82, 2.24) is 25.3 Å². The van der Waals surface area contributed by atoms with Crippen LogP contribution in [0.5, 0.6) is 0 Å². The Morgan fingerprint density at radius 3 is 2.69 bits per heavy atom. The maximum absolute atomic E-state index is 12.3. The number of nitrogens with one attached hydrogen (secondary N) is 1. The van der Waals surface area contributed by atoms with E-state index in [-0.39, 0.29) is 6.03 Å².